The number of hydrogen-bond donors (Lipinski definition) is 3. The van der Waals surface area contributed by atoms with E-state index in [1.165, 1.54) is 0 Å². The van der Waals surface area contributed by atoms with Crippen molar-refractivity contribution in [1.29, 1.82) is 0 Å². The van der Waals surface area contributed by atoms with Crippen molar-refractivity contribution < 1.29 is 13.2 Å². The number of sulfonamides is 1. The molecule has 0 aliphatic heterocycles. The molecule has 0 unspecified atom stereocenters. The average molecular weight is 223 g/mol. The van der Waals surface area contributed by atoms with Crippen LogP contribution in [0.15, 0.2) is 0 Å². The van der Waals surface area contributed by atoms with E-state index < -0.39 is 10.0 Å². The fraction of sp³-hybridized carbons (Fsp3) is 0.857. The topological polar surface area (TPSA) is 101 Å². The molecular weight excluding hydrogens is 206 g/mol. The minimum Gasteiger partial charge on any atom is -0.355 e. The summed E-state index contributed by atoms with van der Waals surface area (Å²) in [6.07, 6.45) is 0.346. The Kier molecular flexibility index (Phi) is 6.43. The minimum absolute atomic E-state index is 0.0732. The number of rotatable bonds is 7. The van der Waals surface area contributed by atoms with Crippen LogP contribution < -0.4 is 15.8 Å². The van der Waals surface area contributed by atoms with E-state index in [9.17, 15) is 13.2 Å². The Hall–Kier alpha value is -0.660. The van der Waals surface area contributed by atoms with Gasteiger partial charge in [-0.15, -0.1) is 0 Å². The van der Waals surface area contributed by atoms with Crippen molar-refractivity contribution in [2.24, 2.45) is 5.14 Å². The zero-order valence-electron chi connectivity index (χ0n) is 8.25. The summed E-state index contributed by atoms with van der Waals surface area (Å²) >= 11 is 0. The first-order valence-corrected chi connectivity index (χ1v) is 6.15. The molecule has 0 aromatic heterocycles. The first kappa shape index (κ1) is 13.3. The lowest BCUT2D eigenvalue weighted by atomic mass is 10.4. The molecule has 7 heteroatoms. The highest BCUT2D eigenvalue weighted by Crippen LogP contribution is 1.79. The van der Waals surface area contributed by atoms with Gasteiger partial charge in [-0.05, 0) is 6.54 Å². The first-order chi connectivity index (χ1) is 6.45. The predicted molar refractivity (Wildman–Crippen MR) is 54.1 cm³/mol. The Morgan fingerprint density at radius 3 is 2.50 bits per heavy atom. The van der Waals surface area contributed by atoms with Gasteiger partial charge in [0.25, 0.3) is 0 Å². The van der Waals surface area contributed by atoms with E-state index >= 15 is 0 Å². The summed E-state index contributed by atoms with van der Waals surface area (Å²) < 4.78 is 21.0. The Labute approximate surface area is 84.3 Å². The van der Waals surface area contributed by atoms with E-state index in [4.69, 9.17) is 5.14 Å². The van der Waals surface area contributed by atoms with Crippen LogP contribution in [0.4, 0.5) is 0 Å². The highest BCUT2D eigenvalue weighted by atomic mass is 32.2. The van der Waals surface area contributed by atoms with Gasteiger partial charge in [0, 0.05) is 19.5 Å². The molecule has 84 valence electrons. The van der Waals surface area contributed by atoms with Gasteiger partial charge in [-0.1, -0.05) is 6.92 Å². The third-order valence-corrected chi connectivity index (χ3v) is 2.26. The molecule has 0 aromatic rings. The van der Waals surface area contributed by atoms with E-state index in [1.807, 2.05) is 6.92 Å². The maximum atomic E-state index is 11.0. The number of carbonyl (C=O) groups is 1. The van der Waals surface area contributed by atoms with Gasteiger partial charge in [0.1, 0.15) is 0 Å². The van der Waals surface area contributed by atoms with E-state index in [-0.39, 0.29) is 18.2 Å². The summed E-state index contributed by atoms with van der Waals surface area (Å²) in [5, 5.41) is 10.2. The van der Waals surface area contributed by atoms with Crippen molar-refractivity contribution >= 4 is 15.9 Å². The Balaban J connectivity index is 3.45. The zero-order valence-corrected chi connectivity index (χ0v) is 9.06. The molecule has 0 rings (SSSR count). The molecule has 0 aliphatic carbocycles. The minimum atomic E-state index is -3.48. The van der Waals surface area contributed by atoms with Gasteiger partial charge < -0.3 is 10.6 Å². The second-order valence-electron chi connectivity index (χ2n) is 2.82. The lowest BCUT2D eigenvalue weighted by molar-refractivity contribution is -0.120. The molecule has 0 saturated heterocycles. The molecule has 0 spiro atoms. The third-order valence-electron chi connectivity index (χ3n) is 1.49. The average Bonchev–Trinajstić information content (AvgIpc) is 2.02. The molecule has 0 aliphatic rings. The monoisotopic (exact) mass is 223 g/mol. The molecule has 1 amide bonds. The molecule has 0 atom stereocenters. The molecule has 4 N–H and O–H groups in total. The van der Waals surface area contributed by atoms with Gasteiger partial charge in [-0.2, -0.15) is 0 Å². The van der Waals surface area contributed by atoms with E-state index in [1.54, 1.807) is 0 Å². The molecule has 0 saturated carbocycles. The summed E-state index contributed by atoms with van der Waals surface area (Å²) in [6.45, 7) is 3.42. The van der Waals surface area contributed by atoms with Crippen molar-refractivity contribution in [3.63, 3.8) is 0 Å². The molecule has 6 nitrogen and oxygen atoms in total. The molecule has 0 aromatic carbocycles. The molecule has 0 radical (unpaired) electrons. The summed E-state index contributed by atoms with van der Waals surface area (Å²) in [6, 6.07) is 0. The number of nitrogens with one attached hydrogen (secondary N) is 2. The predicted octanol–water partition coefficient (Wildman–Crippen LogP) is -1.61. The summed E-state index contributed by atoms with van der Waals surface area (Å²) in [5.74, 6) is -0.394. The first-order valence-electron chi connectivity index (χ1n) is 4.43. The van der Waals surface area contributed by atoms with Gasteiger partial charge in [-0.25, -0.2) is 13.6 Å². The van der Waals surface area contributed by atoms with E-state index in [0.29, 0.717) is 13.0 Å². The molecule has 14 heavy (non-hydrogen) atoms. The Bertz CT molecular complexity index is 263. The number of amides is 1. The number of primary sulfonamides is 1. The van der Waals surface area contributed by atoms with Crippen LogP contribution in [0.1, 0.15) is 13.3 Å². The van der Waals surface area contributed by atoms with Crippen LogP contribution in [0, 0.1) is 0 Å². The third kappa shape index (κ3) is 9.43. The lowest BCUT2D eigenvalue weighted by Gasteiger charge is -2.04. The van der Waals surface area contributed by atoms with Crippen molar-refractivity contribution in [3.05, 3.63) is 0 Å². The Morgan fingerprint density at radius 1 is 1.36 bits per heavy atom. The number of hydrogen-bond acceptors (Lipinski definition) is 4. The lowest BCUT2D eigenvalue weighted by Crippen LogP contribution is -2.33. The van der Waals surface area contributed by atoms with E-state index in [2.05, 4.69) is 10.6 Å². The fourth-order valence-electron chi connectivity index (χ4n) is 0.800. The van der Waals surface area contributed by atoms with Crippen LogP contribution in [0.2, 0.25) is 0 Å². The van der Waals surface area contributed by atoms with Crippen molar-refractivity contribution in [2.45, 2.75) is 13.3 Å². The second kappa shape index (κ2) is 6.74. The van der Waals surface area contributed by atoms with Crippen molar-refractivity contribution in [1.82, 2.24) is 10.6 Å². The van der Waals surface area contributed by atoms with Crippen LogP contribution in [0.3, 0.4) is 0 Å². The normalized spacial score (nSPS) is 11.3. The molecule has 0 fully saturated rings. The van der Waals surface area contributed by atoms with Gasteiger partial charge in [0.05, 0.1) is 5.75 Å². The van der Waals surface area contributed by atoms with Gasteiger partial charge in [0.15, 0.2) is 0 Å². The number of nitrogens with two attached hydrogens (primary N) is 1. The zero-order chi connectivity index (χ0) is 11.0. The number of carbonyl (C=O) groups excluding carboxylic acids is 1. The van der Waals surface area contributed by atoms with Crippen LogP contribution in [-0.4, -0.2) is 39.7 Å². The van der Waals surface area contributed by atoms with Crippen LogP contribution in [0.5, 0.6) is 0 Å². The van der Waals surface area contributed by atoms with Crippen molar-refractivity contribution in [2.75, 3.05) is 25.4 Å². The Morgan fingerprint density at radius 2 is 2.00 bits per heavy atom. The summed E-state index contributed by atoms with van der Waals surface area (Å²) in [5.41, 5.74) is 0. The van der Waals surface area contributed by atoms with Crippen LogP contribution in [0.25, 0.3) is 0 Å². The summed E-state index contributed by atoms with van der Waals surface area (Å²) in [7, 11) is -3.48. The van der Waals surface area contributed by atoms with Crippen LogP contribution in [-0.2, 0) is 14.8 Å². The molecule has 0 heterocycles. The van der Waals surface area contributed by atoms with Crippen LogP contribution >= 0.6 is 0 Å². The molecular formula is C7H17N3O3S. The van der Waals surface area contributed by atoms with Crippen molar-refractivity contribution in [3.8, 4) is 0 Å². The highest BCUT2D eigenvalue weighted by molar-refractivity contribution is 7.89. The van der Waals surface area contributed by atoms with Gasteiger partial charge >= 0.3 is 0 Å². The van der Waals surface area contributed by atoms with E-state index in [0.717, 1.165) is 6.54 Å². The second-order valence-corrected chi connectivity index (χ2v) is 4.55. The largest absolute Gasteiger partial charge is 0.355 e. The molecule has 0 bridgehead atoms. The summed E-state index contributed by atoms with van der Waals surface area (Å²) in [4.78, 5) is 11.0. The van der Waals surface area contributed by atoms with Gasteiger partial charge in [0.2, 0.25) is 15.9 Å². The maximum absolute atomic E-state index is 11.0. The SMILES string of the molecule is CCNCCC(=O)NCCS(N)(=O)=O. The quantitative estimate of drug-likeness (QED) is 0.452. The maximum Gasteiger partial charge on any atom is 0.221 e. The fourth-order valence-corrected chi connectivity index (χ4v) is 1.19. The standard InChI is InChI=1S/C7H17N3O3S/c1-2-9-4-3-7(11)10-5-6-14(8,12)13/h9H,2-6H2,1H3,(H,10,11)(H2,8,12,13). The smallest absolute Gasteiger partial charge is 0.221 e. The van der Waals surface area contributed by atoms with Gasteiger partial charge in [-0.3, -0.25) is 4.79 Å². The highest BCUT2D eigenvalue weighted by Gasteiger charge is 2.04.